The molecule has 5 heteroatoms. The molecule has 0 aliphatic heterocycles. The van der Waals surface area contributed by atoms with Crippen LogP contribution in [0.25, 0.3) is 10.9 Å². The van der Waals surface area contributed by atoms with Crippen LogP contribution in [0.4, 0.5) is 0 Å². The van der Waals surface area contributed by atoms with Crippen LogP contribution in [0, 0.1) is 5.41 Å². The molecule has 0 saturated heterocycles. The number of carboxylic acids is 1. The summed E-state index contributed by atoms with van der Waals surface area (Å²) in [5.74, 6) is -1.17. The Hall–Kier alpha value is -2.30. The summed E-state index contributed by atoms with van der Waals surface area (Å²) < 4.78 is 0. The van der Waals surface area contributed by atoms with Gasteiger partial charge in [0.25, 0.3) is 5.91 Å². The first-order valence-electron chi connectivity index (χ1n) is 6.88. The van der Waals surface area contributed by atoms with Gasteiger partial charge in [0.2, 0.25) is 0 Å². The second kappa shape index (κ2) is 5.60. The van der Waals surface area contributed by atoms with Crippen LogP contribution in [-0.2, 0) is 4.79 Å². The first kappa shape index (κ1) is 15.1. The monoisotopic (exact) mass is 288 g/mol. The van der Waals surface area contributed by atoms with Crippen molar-refractivity contribution >= 4 is 22.8 Å². The summed E-state index contributed by atoms with van der Waals surface area (Å²) in [5, 5.41) is 12.7. The summed E-state index contributed by atoms with van der Waals surface area (Å²) in [7, 11) is 0. The fourth-order valence-electron chi connectivity index (χ4n) is 2.27. The van der Waals surface area contributed by atoms with Crippen molar-refractivity contribution in [1.29, 1.82) is 0 Å². The van der Waals surface area contributed by atoms with E-state index in [2.05, 4.69) is 10.3 Å². The van der Waals surface area contributed by atoms with Gasteiger partial charge in [-0.3, -0.25) is 9.59 Å². The van der Waals surface area contributed by atoms with Crippen LogP contribution >= 0.6 is 0 Å². The first-order chi connectivity index (χ1) is 9.79. The van der Waals surface area contributed by atoms with E-state index in [1.54, 1.807) is 18.3 Å². The normalized spacial score (nSPS) is 13.1. The van der Waals surface area contributed by atoms with Crippen LogP contribution in [0.3, 0.4) is 0 Å². The molecular weight excluding hydrogens is 268 g/mol. The molecule has 21 heavy (non-hydrogen) atoms. The third-order valence-corrected chi connectivity index (χ3v) is 3.57. The summed E-state index contributed by atoms with van der Waals surface area (Å²) in [5.41, 5.74) is 1.10. The molecular formula is C16H20N2O3. The van der Waals surface area contributed by atoms with Gasteiger partial charge in [0.1, 0.15) is 0 Å². The van der Waals surface area contributed by atoms with E-state index < -0.39 is 12.0 Å². The van der Waals surface area contributed by atoms with Gasteiger partial charge in [0.15, 0.2) is 0 Å². The van der Waals surface area contributed by atoms with E-state index in [-0.39, 0.29) is 17.7 Å². The number of hydrogen-bond donors (Lipinski definition) is 3. The highest BCUT2D eigenvalue weighted by atomic mass is 16.4. The lowest BCUT2D eigenvalue weighted by atomic mass is 9.84. The number of aromatic amines is 1. The molecule has 1 unspecified atom stereocenters. The number of amides is 1. The SMILES string of the molecule is CC(C)(C)C(CC(=O)O)NC(=O)c1cccc2[nH]ccc12. The minimum Gasteiger partial charge on any atom is -0.481 e. The van der Waals surface area contributed by atoms with E-state index in [1.807, 2.05) is 32.9 Å². The highest BCUT2D eigenvalue weighted by molar-refractivity contribution is 6.06. The van der Waals surface area contributed by atoms with E-state index in [9.17, 15) is 9.59 Å². The molecule has 1 amide bonds. The highest BCUT2D eigenvalue weighted by Gasteiger charge is 2.29. The number of rotatable bonds is 4. The Morgan fingerprint density at radius 3 is 2.62 bits per heavy atom. The molecule has 0 saturated carbocycles. The van der Waals surface area contributed by atoms with Crippen molar-refractivity contribution in [2.75, 3.05) is 0 Å². The van der Waals surface area contributed by atoms with Gasteiger partial charge in [0, 0.05) is 28.7 Å². The Morgan fingerprint density at radius 2 is 2.00 bits per heavy atom. The number of H-pyrrole nitrogens is 1. The summed E-state index contributed by atoms with van der Waals surface area (Å²) in [6, 6.07) is 6.85. The lowest BCUT2D eigenvalue weighted by Crippen LogP contribution is -2.45. The van der Waals surface area contributed by atoms with Crippen molar-refractivity contribution in [3.05, 3.63) is 36.0 Å². The summed E-state index contributed by atoms with van der Waals surface area (Å²) in [6.07, 6.45) is 1.68. The van der Waals surface area contributed by atoms with Crippen LogP contribution in [0.1, 0.15) is 37.6 Å². The second-order valence-electron chi connectivity index (χ2n) is 6.23. The number of aliphatic carboxylic acids is 1. The van der Waals surface area contributed by atoms with Crippen molar-refractivity contribution in [3.63, 3.8) is 0 Å². The van der Waals surface area contributed by atoms with Gasteiger partial charge in [-0.2, -0.15) is 0 Å². The van der Waals surface area contributed by atoms with Gasteiger partial charge < -0.3 is 15.4 Å². The lowest BCUT2D eigenvalue weighted by molar-refractivity contribution is -0.138. The second-order valence-corrected chi connectivity index (χ2v) is 6.23. The number of fused-ring (bicyclic) bond motifs is 1. The fraction of sp³-hybridized carbons (Fsp3) is 0.375. The van der Waals surface area contributed by atoms with Crippen LogP contribution in [0.15, 0.2) is 30.5 Å². The molecule has 0 aliphatic rings. The Balaban J connectivity index is 2.26. The van der Waals surface area contributed by atoms with Crippen molar-refractivity contribution in [2.45, 2.75) is 33.2 Å². The predicted molar refractivity (Wildman–Crippen MR) is 81.3 cm³/mol. The molecule has 1 aromatic heterocycles. The third kappa shape index (κ3) is 3.42. The molecule has 2 rings (SSSR count). The molecule has 3 N–H and O–H groups in total. The van der Waals surface area contributed by atoms with Gasteiger partial charge in [-0.05, 0) is 23.6 Å². The Bertz CT molecular complexity index is 667. The molecule has 0 radical (unpaired) electrons. The molecule has 2 aromatic rings. The Labute approximate surface area is 123 Å². The van der Waals surface area contributed by atoms with Crippen molar-refractivity contribution < 1.29 is 14.7 Å². The Kier molecular flexibility index (Phi) is 4.02. The van der Waals surface area contributed by atoms with Crippen LogP contribution < -0.4 is 5.32 Å². The number of aromatic nitrogens is 1. The average molecular weight is 288 g/mol. The van der Waals surface area contributed by atoms with Crippen LogP contribution in [0.2, 0.25) is 0 Å². The average Bonchev–Trinajstić information content (AvgIpc) is 2.84. The Morgan fingerprint density at radius 1 is 1.29 bits per heavy atom. The number of carbonyl (C=O) groups is 2. The standard InChI is InChI=1S/C16H20N2O3/c1-16(2,3)13(9-14(19)20)18-15(21)11-5-4-6-12-10(11)7-8-17-12/h4-8,13,17H,9H2,1-3H3,(H,18,21)(H,19,20). The number of carboxylic acid groups (broad SMARTS) is 1. The third-order valence-electron chi connectivity index (χ3n) is 3.57. The van der Waals surface area contributed by atoms with Crippen LogP contribution in [0.5, 0.6) is 0 Å². The molecule has 0 spiro atoms. The highest BCUT2D eigenvalue weighted by Crippen LogP contribution is 2.23. The van der Waals surface area contributed by atoms with E-state index in [4.69, 9.17) is 5.11 Å². The van der Waals surface area contributed by atoms with Crippen LogP contribution in [-0.4, -0.2) is 28.0 Å². The van der Waals surface area contributed by atoms with E-state index in [1.165, 1.54) is 0 Å². The van der Waals surface area contributed by atoms with Gasteiger partial charge in [-0.25, -0.2) is 0 Å². The quantitative estimate of drug-likeness (QED) is 0.809. The molecule has 0 fully saturated rings. The zero-order valence-corrected chi connectivity index (χ0v) is 12.4. The predicted octanol–water partition coefficient (Wildman–Crippen LogP) is 2.79. The minimum atomic E-state index is -0.921. The molecule has 5 nitrogen and oxygen atoms in total. The maximum Gasteiger partial charge on any atom is 0.305 e. The van der Waals surface area contributed by atoms with Gasteiger partial charge in [0.05, 0.1) is 6.42 Å². The number of nitrogens with one attached hydrogen (secondary N) is 2. The molecule has 1 atom stereocenters. The van der Waals surface area contributed by atoms with E-state index in [0.717, 1.165) is 10.9 Å². The smallest absolute Gasteiger partial charge is 0.305 e. The molecule has 0 aliphatic carbocycles. The zero-order valence-electron chi connectivity index (χ0n) is 12.4. The summed E-state index contributed by atoms with van der Waals surface area (Å²) in [6.45, 7) is 5.74. The van der Waals surface area contributed by atoms with E-state index >= 15 is 0 Å². The fourth-order valence-corrected chi connectivity index (χ4v) is 2.27. The summed E-state index contributed by atoms with van der Waals surface area (Å²) >= 11 is 0. The molecule has 1 aromatic carbocycles. The molecule has 0 bridgehead atoms. The number of benzene rings is 1. The van der Waals surface area contributed by atoms with Gasteiger partial charge in [-0.1, -0.05) is 26.8 Å². The van der Waals surface area contributed by atoms with E-state index in [0.29, 0.717) is 5.56 Å². The first-order valence-corrected chi connectivity index (χ1v) is 6.88. The van der Waals surface area contributed by atoms with Crippen molar-refractivity contribution in [3.8, 4) is 0 Å². The molecule has 112 valence electrons. The lowest BCUT2D eigenvalue weighted by Gasteiger charge is -2.30. The largest absolute Gasteiger partial charge is 0.481 e. The zero-order chi connectivity index (χ0) is 15.6. The molecule has 1 heterocycles. The maximum absolute atomic E-state index is 12.5. The summed E-state index contributed by atoms with van der Waals surface area (Å²) in [4.78, 5) is 26.5. The van der Waals surface area contributed by atoms with Crippen molar-refractivity contribution in [2.24, 2.45) is 5.41 Å². The maximum atomic E-state index is 12.5. The van der Waals surface area contributed by atoms with Crippen molar-refractivity contribution in [1.82, 2.24) is 10.3 Å². The topological polar surface area (TPSA) is 82.2 Å². The van der Waals surface area contributed by atoms with Gasteiger partial charge >= 0.3 is 5.97 Å². The number of carbonyl (C=O) groups excluding carboxylic acids is 1. The van der Waals surface area contributed by atoms with Gasteiger partial charge in [-0.15, -0.1) is 0 Å². The number of hydrogen-bond acceptors (Lipinski definition) is 2. The minimum absolute atomic E-state index is 0.0989.